The highest BCUT2D eigenvalue weighted by Gasteiger charge is 2.34. The Morgan fingerprint density at radius 1 is 1.11 bits per heavy atom. The molecule has 1 saturated carbocycles. The molecule has 0 spiro atoms. The van der Waals surface area contributed by atoms with Crippen LogP contribution in [0.15, 0.2) is 71.6 Å². The SMILES string of the molecule is CCOc1ccc([C@@H](C(=O)NC2CCCC2)N(C(=O)CNC(=O)c2ccco2)c2cccnc2)cc1. The lowest BCUT2D eigenvalue weighted by atomic mass is 10.0. The molecular weight excluding hydrogens is 460 g/mol. The van der Waals surface area contributed by atoms with Crippen molar-refractivity contribution in [2.24, 2.45) is 0 Å². The molecule has 9 nitrogen and oxygen atoms in total. The van der Waals surface area contributed by atoms with Crippen LogP contribution in [0.5, 0.6) is 5.75 Å². The minimum absolute atomic E-state index is 0.0622. The Labute approximate surface area is 209 Å². The van der Waals surface area contributed by atoms with Crippen LogP contribution in [-0.2, 0) is 9.59 Å². The van der Waals surface area contributed by atoms with Gasteiger partial charge in [-0.2, -0.15) is 0 Å². The van der Waals surface area contributed by atoms with Gasteiger partial charge in [0.25, 0.3) is 5.91 Å². The number of carbonyl (C=O) groups is 3. The zero-order valence-electron chi connectivity index (χ0n) is 20.2. The minimum Gasteiger partial charge on any atom is -0.494 e. The Bertz CT molecular complexity index is 1140. The Morgan fingerprint density at radius 2 is 1.89 bits per heavy atom. The van der Waals surface area contributed by atoms with Crippen LogP contribution >= 0.6 is 0 Å². The fourth-order valence-electron chi connectivity index (χ4n) is 4.35. The van der Waals surface area contributed by atoms with Gasteiger partial charge in [0, 0.05) is 12.2 Å². The summed E-state index contributed by atoms with van der Waals surface area (Å²) >= 11 is 0. The highest BCUT2D eigenvalue weighted by molar-refractivity contribution is 6.04. The molecule has 4 rings (SSSR count). The molecule has 0 saturated heterocycles. The van der Waals surface area contributed by atoms with Crippen LogP contribution in [0.1, 0.15) is 54.8 Å². The molecule has 1 aromatic carbocycles. The van der Waals surface area contributed by atoms with E-state index in [0.717, 1.165) is 25.7 Å². The van der Waals surface area contributed by atoms with Gasteiger partial charge in [-0.25, -0.2) is 0 Å². The second kappa shape index (κ2) is 12.0. The molecule has 0 unspecified atom stereocenters. The first-order valence-corrected chi connectivity index (χ1v) is 12.1. The zero-order valence-corrected chi connectivity index (χ0v) is 20.2. The molecule has 188 valence electrons. The number of ether oxygens (including phenoxy) is 1. The third-order valence-electron chi connectivity index (χ3n) is 6.05. The number of nitrogens with one attached hydrogen (secondary N) is 2. The van der Waals surface area contributed by atoms with E-state index in [1.807, 2.05) is 6.92 Å². The van der Waals surface area contributed by atoms with Gasteiger partial charge in [0.15, 0.2) is 5.76 Å². The standard InChI is InChI=1S/C27H30N4O5/c1-2-35-22-13-11-19(12-14-22)25(27(34)30-20-7-3-4-8-20)31(21-9-5-15-28-17-21)24(32)18-29-26(33)23-10-6-16-36-23/h5-6,9-17,20,25H,2-4,7-8,18H2,1H3,(H,29,33)(H,30,34)/t25-/m0/s1. The minimum atomic E-state index is -0.974. The number of amides is 3. The first kappa shape index (κ1) is 25.0. The van der Waals surface area contributed by atoms with Gasteiger partial charge in [-0.15, -0.1) is 0 Å². The first-order chi connectivity index (χ1) is 17.6. The van der Waals surface area contributed by atoms with Crippen molar-refractivity contribution in [1.82, 2.24) is 15.6 Å². The Morgan fingerprint density at radius 3 is 2.53 bits per heavy atom. The van der Waals surface area contributed by atoms with Crippen molar-refractivity contribution in [1.29, 1.82) is 0 Å². The van der Waals surface area contributed by atoms with E-state index in [4.69, 9.17) is 9.15 Å². The molecule has 9 heteroatoms. The van der Waals surface area contributed by atoms with E-state index in [1.54, 1.807) is 48.7 Å². The molecule has 2 aromatic heterocycles. The highest BCUT2D eigenvalue weighted by Crippen LogP contribution is 2.30. The predicted molar refractivity (Wildman–Crippen MR) is 134 cm³/mol. The summed E-state index contributed by atoms with van der Waals surface area (Å²) in [6, 6.07) is 12.7. The van der Waals surface area contributed by atoms with E-state index in [-0.39, 0.29) is 24.3 Å². The second-order valence-corrected chi connectivity index (χ2v) is 8.53. The van der Waals surface area contributed by atoms with E-state index in [1.165, 1.54) is 23.4 Å². The molecular formula is C27H30N4O5. The number of anilines is 1. The lowest BCUT2D eigenvalue weighted by Crippen LogP contribution is -2.49. The fraction of sp³-hybridized carbons (Fsp3) is 0.333. The summed E-state index contributed by atoms with van der Waals surface area (Å²) < 4.78 is 10.7. The Hall–Kier alpha value is -4.14. The van der Waals surface area contributed by atoms with Gasteiger partial charge >= 0.3 is 0 Å². The monoisotopic (exact) mass is 490 g/mol. The van der Waals surface area contributed by atoms with E-state index < -0.39 is 17.9 Å². The zero-order chi connectivity index (χ0) is 25.3. The van der Waals surface area contributed by atoms with Crippen LogP contribution in [0.2, 0.25) is 0 Å². The summed E-state index contributed by atoms with van der Waals surface area (Å²) in [6.07, 6.45) is 8.43. The summed E-state index contributed by atoms with van der Waals surface area (Å²) in [5, 5.41) is 5.71. The summed E-state index contributed by atoms with van der Waals surface area (Å²) in [4.78, 5) is 45.2. The number of hydrogen-bond donors (Lipinski definition) is 2. The van der Waals surface area contributed by atoms with Crippen molar-refractivity contribution in [3.05, 3.63) is 78.5 Å². The number of rotatable bonds is 10. The first-order valence-electron chi connectivity index (χ1n) is 12.1. The average Bonchev–Trinajstić information content (AvgIpc) is 3.62. The van der Waals surface area contributed by atoms with Gasteiger partial charge in [-0.1, -0.05) is 25.0 Å². The predicted octanol–water partition coefficient (Wildman–Crippen LogP) is 3.64. The number of benzene rings is 1. The maximum absolute atomic E-state index is 13.7. The number of carbonyl (C=O) groups excluding carboxylic acids is 3. The number of nitrogens with zero attached hydrogens (tertiary/aromatic N) is 2. The summed E-state index contributed by atoms with van der Waals surface area (Å²) in [5.74, 6) is -0.518. The molecule has 0 radical (unpaired) electrons. The van der Waals surface area contributed by atoms with Crippen molar-refractivity contribution in [2.75, 3.05) is 18.1 Å². The third kappa shape index (κ3) is 6.10. The highest BCUT2D eigenvalue weighted by atomic mass is 16.5. The topological polar surface area (TPSA) is 114 Å². The van der Waals surface area contributed by atoms with Gasteiger partial charge in [0.1, 0.15) is 11.8 Å². The molecule has 3 aromatic rings. The van der Waals surface area contributed by atoms with Crippen LogP contribution in [0.25, 0.3) is 0 Å². The van der Waals surface area contributed by atoms with Gasteiger partial charge in [-0.05, 0) is 61.7 Å². The lowest BCUT2D eigenvalue weighted by molar-refractivity contribution is -0.126. The summed E-state index contributed by atoms with van der Waals surface area (Å²) in [7, 11) is 0. The molecule has 0 bridgehead atoms. The van der Waals surface area contributed by atoms with E-state index in [9.17, 15) is 14.4 Å². The quantitative estimate of drug-likeness (QED) is 0.449. The largest absolute Gasteiger partial charge is 0.494 e. The van der Waals surface area contributed by atoms with Crippen molar-refractivity contribution < 1.29 is 23.5 Å². The summed E-state index contributed by atoms with van der Waals surface area (Å²) in [5.41, 5.74) is 1.05. The van der Waals surface area contributed by atoms with Gasteiger partial charge in [0.2, 0.25) is 11.8 Å². The Kier molecular flexibility index (Phi) is 8.33. The van der Waals surface area contributed by atoms with Crippen LogP contribution in [-0.4, -0.2) is 41.9 Å². The number of pyridine rings is 1. The molecule has 36 heavy (non-hydrogen) atoms. The Balaban J connectivity index is 1.66. The normalized spacial score (nSPS) is 14.1. The fourth-order valence-corrected chi connectivity index (χ4v) is 4.35. The maximum Gasteiger partial charge on any atom is 0.287 e. The smallest absolute Gasteiger partial charge is 0.287 e. The van der Waals surface area contributed by atoms with Gasteiger partial charge in [-0.3, -0.25) is 24.3 Å². The molecule has 0 aliphatic heterocycles. The number of aromatic nitrogens is 1. The van der Waals surface area contributed by atoms with Gasteiger partial charge in [0.05, 0.1) is 31.3 Å². The molecule has 1 fully saturated rings. The lowest BCUT2D eigenvalue weighted by Gasteiger charge is -2.32. The second-order valence-electron chi connectivity index (χ2n) is 8.53. The molecule has 2 heterocycles. The molecule has 1 atom stereocenters. The molecule has 3 amide bonds. The third-order valence-corrected chi connectivity index (χ3v) is 6.05. The van der Waals surface area contributed by atoms with Crippen molar-refractivity contribution in [2.45, 2.75) is 44.7 Å². The van der Waals surface area contributed by atoms with E-state index in [2.05, 4.69) is 15.6 Å². The van der Waals surface area contributed by atoms with Crippen molar-refractivity contribution in [3.63, 3.8) is 0 Å². The average molecular weight is 491 g/mol. The number of furan rings is 1. The molecule has 2 N–H and O–H groups in total. The van der Waals surface area contributed by atoms with Crippen molar-refractivity contribution in [3.8, 4) is 5.75 Å². The molecule has 1 aliphatic carbocycles. The van der Waals surface area contributed by atoms with Crippen molar-refractivity contribution >= 4 is 23.4 Å². The van der Waals surface area contributed by atoms with Crippen LogP contribution in [0.4, 0.5) is 5.69 Å². The van der Waals surface area contributed by atoms with Crippen LogP contribution in [0.3, 0.4) is 0 Å². The summed E-state index contributed by atoms with van der Waals surface area (Å²) in [6.45, 7) is 2.07. The number of hydrogen-bond acceptors (Lipinski definition) is 6. The van der Waals surface area contributed by atoms with E-state index in [0.29, 0.717) is 23.6 Å². The van der Waals surface area contributed by atoms with E-state index >= 15 is 0 Å². The molecule has 1 aliphatic rings. The van der Waals surface area contributed by atoms with Gasteiger partial charge < -0.3 is 19.8 Å². The van der Waals surface area contributed by atoms with Crippen LogP contribution < -0.4 is 20.3 Å². The maximum atomic E-state index is 13.7. The van der Waals surface area contributed by atoms with Crippen LogP contribution in [0, 0.1) is 0 Å².